The first-order valence-corrected chi connectivity index (χ1v) is 7.81. The van der Waals surface area contributed by atoms with Crippen LogP contribution in [0.5, 0.6) is 11.5 Å². The van der Waals surface area contributed by atoms with Gasteiger partial charge in [0.15, 0.2) is 6.61 Å². The van der Waals surface area contributed by atoms with Gasteiger partial charge < -0.3 is 9.47 Å². The minimum Gasteiger partial charge on any atom is -0.496 e. The molecule has 2 aromatic carbocycles. The monoisotopic (exact) mass is 407 g/mol. The molecule has 0 saturated heterocycles. The predicted molar refractivity (Wildman–Crippen MR) is 95.0 cm³/mol. The molecule has 0 spiro atoms. The van der Waals surface area contributed by atoms with Crippen molar-refractivity contribution in [1.82, 2.24) is 5.43 Å². The van der Waals surface area contributed by atoms with E-state index in [4.69, 9.17) is 9.47 Å². The van der Waals surface area contributed by atoms with Gasteiger partial charge >= 0.3 is 0 Å². The number of benzene rings is 2. The fourth-order valence-electron chi connectivity index (χ4n) is 1.85. The first kappa shape index (κ1) is 18.4. The molecule has 2 rings (SSSR count). The zero-order valence-electron chi connectivity index (χ0n) is 13.1. The van der Waals surface area contributed by atoms with Crippen molar-refractivity contribution in [3.8, 4) is 11.5 Å². The van der Waals surface area contributed by atoms with Gasteiger partial charge in [0.25, 0.3) is 11.6 Å². The highest BCUT2D eigenvalue weighted by atomic mass is 79.9. The second kappa shape index (κ2) is 8.78. The first-order chi connectivity index (χ1) is 12.0. The number of nitro groups is 1. The summed E-state index contributed by atoms with van der Waals surface area (Å²) in [5.74, 6) is 0.327. The van der Waals surface area contributed by atoms with Crippen molar-refractivity contribution in [2.24, 2.45) is 5.10 Å². The second-order valence-electron chi connectivity index (χ2n) is 4.72. The Hall–Kier alpha value is -2.94. The number of non-ortho nitro benzene ring substituents is 1. The van der Waals surface area contributed by atoms with Crippen molar-refractivity contribution in [1.29, 1.82) is 0 Å². The van der Waals surface area contributed by atoms with Crippen LogP contribution in [0.1, 0.15) is 5.56 Å². The summed E-state index contributed by atoms with van der Waals surface area (Å²) in [6.45, 7) is -0.325. The van der Waals surface area contributed by atoms with Crippen molar-refractivity contribution >= 4 is 33.7 Å². The van der Waals surface area contributed by atoms with Crippen LogP contribution in [0.15, 0.2) is 52.0 Å². The quantitative estimate of drug-likeness (QED) is 0.431. The summed E-state index contributed by atoms with van der Waals surface area (Å²) in [6, 6.07) is 10.9. The van der Waals surface area contributed by atoms with E-state index in [0.29, 0.717) is 11.3 Å². The van der Waals surface area contributed by atoms with Crippen molar-refractivity contribution in [2.75, 3.05) is 13.7 Å². The topological polar surface area (TPSA) is 103 Å². The lowest BCUT2D eigenvalue weighted by molar-refractivity contribution is -0.384. The molecule has 0 radical (unpaired) electrons. The number of carbonyl (C=O) groups excluding carboxylic acids is 1. The molecule has 0 heterocycles. The number of hydrogen-bond donors (Lipinski definition) is 1. The molecule has 0 aromatic heterocycles. The van der Waals surface area contributed by atoms with E-state index in [-0.39, 0.29) is 18.0 Å². The summed E-state index contributed by atoms with van der Waals surface area (Å²) in [5.41, 5.74) is 2.87. The van der Waals surface area contributed by atoms with E-state index in [1.54, 1.807) is 12.1 Å². The summed E-state index contributed by atoms with van der Waals surface area (Å²) >= 11 is 3.34. The van der Waals surface area contributed by atoms with Crippen molar-refractivity contribution in [3.05, 3.63) is 62.6 Å². The van der Waals surface area contributed by atoms with Crippen molar-refractivity contribution in [2.45, 2.75) is 0 Å². The number of methoxy groups -OCH3 is 1. The normalized spacial score (nSPS) is 10.5. The van der Waals surface area contributed by atoms with Gasteiger partial charge in [0.1, 0.15) is 11.5 Å². The number of amides is 1. The number of hydrogen-bond acceptors (Lipinski definition) is 6. The Bertz CT molecular complexity index is 810. The summed E-state index contributed by atoms with van der Waals surface area (Å²) < 4.78 is 11.2. The maximum absolute atomic E-state index is 11.7. The molecule has 0 fully saturated rings. The number of ether oxygens (including phenoxy) is 2. The van der Waals surface area contributed by atoms with E-state index in [1.165, 1.54) is 37.6 Å². The van der Waals surface area contributed by atoms with Gasteiger partial charge in [-0.15, -0.1) is 0 Å². The van der Waals surface area contributed by atoms with E-state index in [0.717, 1.165) is 4.47 Å². The number of carbonyl (C=O) groups is 1. The average molecular weight is 408 g/mol. The summed E-state index contributed by atoms with van der Waals surface area (Å²) in [5, 5.41) is 14.5. The number of halogens is 1. The van der Waals surface area contributed by atoms with Gasteiger partial charge in [0.2, 0.25) is 0 Å². The third-order valence-corrected chi connectivity index (χ3v) is 3.48. The molecule has 8 nitrogen and oxygen atoms in total. The lowest BCUT2D eigenvalue weighted by atomic mass is 10.2. The van der Waals surface area contributed by atoms with E-state index in [1.807, 2.05) is 6.07 Å². The summed E-state index contributed by atoms with van der Waals surface area (Å²) in [4.78, 5) is 21.9. The molecule has 1 amide bonds. The molecule has 0 atom stereocenters. The van der Waals surface area contributed by atoms with Crippen LogP contribution in [0.2, 0.25) is 0 Å². The van der Waals surface area contributed by atoms with Crippen LogP contribution in [0.4, 0.5) is 5.69 Å². The Labute approximate surface area is 151 Å². The first-order valence-electron chi connectivity index (χ1n) is 7.02. The van der Waals surface area contributed by atoms with Crippen LogP contribution in [0, 0.1) is 10.1 Å². The van der Waals surface area contributed by atoms with Gasteiger partial charge in [-0.1, -0.05) is 22.0 Å². The lowest BCUT2D eigenvalue weighted by Crippen LogP contribution is -2.24. The minimum atomic E-state index is -0.539. The average Bonchev–Trinajstić information content (AvgIpc) is 2.60. The Balaban J connectivity index is 1.90. The van der Waals surface area contributed by atoms with Gasteiger partial charge in [-0.2, -0.15) is 5.10 Å². The van der Waals surface area contributed by atoms with Crippen molar-refractivity contribution in [3.63, 3.8) is 0 Å². The maximum atomic E-state index is 11.7. The van der Waals surface area contributed by atoms with E-state index >= 15 is 0 Å². The molecule has 0 aliphatic heterocycles. The van der Waals surface area contributed by atoms with Crippen molar-refractivity contribution < 1.29 is 19.2 Å². The largest absolute Gasteiger partial charge is 0.496 e. The number of nitro benzene ring substituents is 1. The van der Waals surface area contributed by atoms with Crippen LogP contribution in [-0.4, -0.2) is 30.8 Å². The van der Waals surface area contributed by atoms with E-state index in [2.05, 4.69) is 26.5 Å². The fraction of sp³-hybridized carbons (Fsp3) is 0.125. The second-order valence-corrected chi connectivity index (χ2v) is 5.64. The zero-order valence-corrected chi connectivity index (χ0v) is 14.7. The number of hydrazone groups is 1. The smallest absolute Gasteiger partial charge is 0.277 e. The molecule has 130 valence electrons. The van der Waals surface area contributed by atoms with Gasteiger partial charge in [0, 0.05) is 16.1 Å². The summed E-state index contributed by atoms with van der Waals surface area (Å²) in [6.07, 6.45) is 1.44. The molecule has 9 heteroatoms. The highest BCUT2D eigenvalue weighted by Gasteiger charge is 2.08. The van der Waals surface area contributed by atoms with E-state index in [9.17, 15) is 14.9 Å². The zero-order chi connectivity index (χ0) is 18.2. The predicted octanol–water partition coefficient (Wildman–Crippen LogP) is 2.90. The van der Waals surface area contributed by atoms with Gasteiger partial charge in [-0.25, -0.2) is 5.43 Å². The van der Waals surface area contributed by atoms with Crippen LogP contribution in [0.3, 0.4) is 0 Å². The molecule has 0 aliphatic carbocycles. The van der Waals surface area contributed by atoms with Crippen LogP contribution >= 0.6 is 15.9 Å². The number of nitrogens with one attached hydrogen (secondary N) is 1. The van der Waals surface area contributed by atoms with Gasteiger partial charge in [-0.3, -0.25) is 14.9 Å². The Morgan fingerprint density at radius 1 is 1.36 bits per heavy atom. The molecule has 0 bridgehead atoms. The molecule has 0 aliphatic rings. The van der Waals surface area contributed by atoms with Gasteiger partial charge in [-0.05, 0) is 24.3 Å². The Morgan fingerprint density at radius 2 is 2.16 bits per heavy atom. The molecule has 0 saturated carbocycles. The SMILES string of the molecule is COc1ccc(Br)cc1/C=N\NC(=O)COc1cccc([N+](=O)[O-])c1. The third-order valence-electron chi connectivity index (χ3n) is 2.98. The lowest BCUT2D eigenvalue weighted by Gasteiger charge is -2.06. The van der Waals surface area contributed by atoms with Crippen LogP contribution in [0.25, 0.3) is 0 Å². The molecule has 0 unspecified atom stereocenters. The number of rotatable bonds is 7. The highest BCUT2D eigenvalue weighted by molar-refractivity contribution is 9.10. The van der Waals surface area contributed by atoms with Crippen LogP contribution < -0.4 is 14.9 Å². The summed E-state index contributed by atoms with van der Waals surface area (Å²) in [7, 11) is 1.53. The molecular formula is C16H14BrN3O5. The third kappa shape index (κ3) is 5.57. The van der Waals surface area contributed by atoms with Gasteiger partial charge in [0.05, 0.1) is 24.3 Å². The molecule has 1 N–H and O–H groups in total. The molecule has 2 aromatic rings. The molecular weight excluding hydrogens is 394 g/mol. The fourth-order valence-corrected chi connectivity index (χ4v) is 2.23. The maximum Gasteiger partial charge on any atom is 0.277 e. The Morgan fingerprint density at radius 3 is 2.88 bits per heavy atom. The van der Waals surface area contributed by atoms with Crippen LogP contribution in [-0.2, 0) is 4.79 Å². The number of nitrogens with zero attached hydrogens (tertiary/aromatic N) is 2. The molecule has 25 heavy (non-hydrogen) atoms. The minimum absolute atomic E-state index is 0.113. The Kier molecular flexibility index (Phi) is 6.47. The highest BCUT2D eigenvalue weighted by Crippen LogP contribution is 2.21. The standard InChI is InChI=1S/C16H14BrN3O5/c1-24-15-6-5-12(17)7-11(15)9-18-19-16(21)10-25-14-4-2-3-13(8-14)20(22)23/h2-9H,10H2,1H3,(H,19,21)/b18-9-. The van der Waals surface area contributed by atoms with E-state index < -0.39 is 10.8 Å².